The third kappa shape index (κ3) is 3.78. The number of esters is 1. The monoisotopic (exact) mass is 299 g/mol. The highest BCUT2D eigenvalue weighted by Crippen LogP contribution is 2.34. The van der Waals surface area contributed by atoms with Crippen LogP contribution in [-0.4, -0.2) is 17.6 Å². The molecule has 0 amide bonds. The van der Waals surface area contributed by atoms with Gasteiger partial charge in [0.1, 0.15) is 0 Å². The molecule has 0 aromatic carbocycles. The SMILES string of the molecule is CCOC(=O)Cc1c(C(F)(F)F)cc(=O)[nH]c1C(F)F. The van der Waals surface area contributed by atoms with Crippen molar-refractivity contribution in [2.75, 3.05) is 6.61 Å². The standard InChI is InChI=1S/C11H10F5NO3/c1-2-20-8(19)3-5-6(11(14,15)16)4-7(18)17-9(5)10(12)13/h4,10H,2-3H2,1H3,(H,17,18). The van der Waals surface area contributed by atoms with Gasteiger partial charge in [0, 0.05) is 11.6 Å². The molecule has 20 heavy (non-hydrogen) atoms. The molecule has 0 aliphatic rings. The number of hydrogen-bond acceptors (Lipinski definition) is 3. The lowest BCUT2D eigenvalue weighted by atomic mass is 10.0. The number of ether oxygens (including phenoxy) is 1. The molecule has 1 N–H and O–H groups in total. The molecule has 0 radical (unpaired) electrons. The Hall–Kier alpha value is -1.93. The molecule has 4 nitrogen and oxygen atoms in total. The largest absolute Gasteiger partial charge is 0.466 e. The van der Waals surface area contributed by atoms with Crippen LogP contribution in [0.15, 0.2) is 10.9 Å². The second-order valence-electron chi connectivity index (χ2n) is 3.72. The molecule has 0 fully saturated rings. The van der Waals surface area contributed by atoms with E-state index in [-0.39, 0.29) is 12.7 Å². The Balaban J connectivity index is 3.42. The van der Waals surface area contributed by atoms with Crippen molar-refractivity contribution < 1.29 is 31.5 Å². The molecule has 0 saturated carbocycles. The number of rotatable bonds is 4. The van der Waals surface area contributed by atoms with Crippen molar-refractivity contribution in [3.05, 3.63) is 33.2 Å². The fourth-order valence-electron chi connectivity index (χ4n) is 1.59. The van der Waals surface area contributed by atoms with Gasteiger partial charge in [0.15, 0.2) is 0 Å². The zero-order valence-corrected chi connectivity index (χ0v) is 10.2. The summed E-state index contributed by atoms with van der Waals surface area (Å²) in [4.78, 5) is 23.9. The number of halogens is 5. The van der Waals surface area contributed by atoms with Crippen molar-refractivity contribution in [3.8, 4) is 0 Å². The number of carbonyl (C=O) groups excluding carboxylic acids is 1. The number of pyridine rings is 1. The molecular formula is C11H10F5NO3. The van der Waals surface area contributed by atoms with E-state index in [9.17, 15) is 31.5 Å². The lowest BCUT2D eigenvalue weighted by molar-refractivity contribution is -0.143. The van der Waals surface area contributed by atoms with Gasteiger partial charge in [-0.25, -0.2) is 8.78 Å². The summed E-state index contributed by atoms with van der Waals surface area (Å²) in [5.74, 6) is -1.09. The summed E-state index contributed by atoms with van der Waals surface area (Å²) < 4.78 is 68.2. The number of aromatic nitrogens is 1. The Morgan fingerprint density at radius 3 is 2.45 bits per heavy atom. The number of nitrogens with one attached hydrogen (secondary N) is 1. The van der Waals surface area contributed by atoms with E-state index in [2.05, 4.69) is 4.74 Å². The molecule has 112 valence electrons. The highest BCUT2D eigenvalue weighted by atomic mass is 19.4. The summed E-state index contributed by atoms with van der Waals surface area (Å²) >= 11 is 0. The fourth-order valence-corrected chi connectivity index (χ4v) is 1.59. The lowest BCUT2D eigenvalue weighted by Gasteiger charge is -2.15. The zero-order valence-electron chi connectivity index (χ0n) is 10.2. The Bertz CT molecular complexity index is 550. The Morgan fingerprint density at radius 1 is 1.40 bits per heavy atom. The van der Waals surface area contributed by atoms with E-state index in [4.69, 9.17) is 0 Å². The molecule has 1 rings (SSSR count). The van der Waals surface area contributed by atoms with Crippen molar-refractivity contribution in [1.82, 2.24) is 4.98 Å². The third-order valence-electron chi connectivity index (χ3n) is 2.33. The number of H-pyrrole nitrogens is 1. The molecule has 0 saturated heterocycles. The van der Waals surface area contributed by atoms with Gasteiger partial charge >= 0.3 is 12.1 Å². The van der Waals surface area contributed by atoms with Crippen LogP contribution in [0.5, 0.6) is 0 Å². The van der Waals surface area contributed by atoms with Crippen molar-refractivity contribution in [2.45, 2.75) is 25.9 Å². The molecule has 1 heterocycles. The molecule has 1 aromatic rings. The van der Waals surface area contributed by atoms with Crippen molar-refractivity contribution in [3.63, 3.8) is 0 Å². The summed E-state index contributed by atoms with van der Waals surface area (Å²) in [5.41, 5.74) is -5.09. The van der Waals surface area contributed by atoms with Crippen LogP contribution in [0.3, 0.4) is 0 Å². The number of carbonyl (C=O) groups is 1. The highest BCUT2D eigenvalue weighted by Gasteiger charge is 2.37. The number of hydrogen-bond donors (Lipinski definition) is 1. The van der Waals surface area contributed by atoms with Crippen LogP contribution in [0.25, 0.3) is 0 Å². The van der Waals surface area contributed by atoms with E-state index in [1.807, 2.05) is 0 Å². The van der Waals surface area contributed by atoms with Crippen LogP contribution >= 0.6 is 0 Å². The van der Waals surface area contributed by atoms with Crippen molar-refractivity contribution in [2.24, 2.45) is 0 Å². The summed E-state index contributed by atoms with van der Waals surface area (Å²) in [6.45, 7) is 1.32. The molecule has 9 heteroatoms. The van der Waals surface area contributed by atoms with Gasteiger partial charge in [-0.05, 0) is 6.92 Å². The Labute approximate surface area is 109 Å². The lowest BCUT2D eigenvalue weighted by Crippen LogP contribution is -2.22. The first kappa shape index (κ1) is 16.1. The van der Waals surface area contributed by atoms with Gasteiger partial charge in [0.2, 0.25) is 5.56 Å². The minimum absolute atomic E-state index is 0.104. The normalized spacial score (nSPS) is 11.8. The molecule has 0 spiro atoms. The minimum atomic E-state index is -5.03. The van der Waals surface area contributed by atoms with Gasteiger partial charge in [-0.3, -0.25) is 9.59 Å². The minimum Gasteiger partial charge on any atom is -0.466 e. The van der Waals surface area contributed by atoms with Crippen LogP contribution in [0.2, 0.25) is 0 Å². The van der Waals surface area contributed by atoms with Crippen LogP contribution in [0.1, 0.15) is 30.2 Å². The Kier molecular flexibility index (Phi) is 4.85. The van der Waals surface area contributed by atoms with Gasteiger partial charge in [0.05, 0.1) is 24.3 Å². The zero-order chi connectivity index (χ0) is 15.5. The first-order valence-corrected chi connectivity index (χ1v) is 5.43. The van der Waals surface area contributed by atoms with Crippen molar-refractivity contribution >= 4 is 5.97 Å². The van der Waals surface area contributed by atoms with Gasteiger partial charge in [0.25, 0.3) is 6.43 Å². The molecule has 0 aliphatic heterocycles. The predicted octanol–water partition coefficient (Wildman–Crippen LogP) is 2.44. The van der Waals surface area contributed by atoms with E-state index < -0.39 is 47.4 Å². The topological polar surface area (TPSA) is 59.2 Å². The number of alkyl halides is 5. The smallest absolute Gasteiger partial charge is 0.416 e. The van der Waals surface area contributed by atoms with Crippen LogP contribution < -0.4 is 5.56 Å². The molecule has 0 atom stereocenters. The molecule has 0 unspecified atom stereocenters. The molecule has 0 bridgehead atoms. The van der Waals surface area contributed by atoms with E-state index >= 15 is 0 Å². The summed E-state index contributed by atoms with van der Waals surface area (Å²) in [5, 5.41) is 0. The van der Waals surface area contributed by atoms with Gasteiger partial charge < -0.3 is 9.72 Å². The Morgan fingerprint density at radius 2 is 2.00 bits per heavy atom. The van der Waals surface area contributed by atoms with Crippen LogP contribution in [-0.2, 0) is 22.1 Å². The maximum absolute atomic E-state index is 12.8. The second-order valence-corrected chi connectivity index (χ2v) is 3.72. The molecule has 1 aromatic heterocycles. The highest BCUT2D eigenvalue weighted by molar-refractivity contribution is 5.73. The maximum atomic E-state index is 12.8. The quantitative estimate of drug-likeness (QED) is 0.686. The average Bonchev–Trinajstić information content (AvgIpc) is 2.29. The van der Waals surface area contributed by atoms with Gasteiger partial charge in [-0.2, -0.15) is 13.2 Å². The first-order valence-electron chi connectivity index (χ1n) is 5.43. The van der Waals surface area contributed by atoms with E-state index in [0.29, 0.717) is 0 Å². The van der Waals surface area contributed by atoms with Gasteiger partial charge in [-0.15, -0.1) is 0 Å². The summed E-state index contributed by atoms with van der Waals surface area (Å²) in [6.07, 6.45) is -9.38. The average molecular weight is 299 g/mol. The summed E-state index contributed by atoms with van der Waals surface area (Å²) in [6, 6.07) is 0.139. The fraction of sp³-hybridized carbons (Fsp3) is 0.455. The molecule has 0 aliphatic carbocycles. The van der Waals surface area contributed by atoms with Crippen LogP contribution in [0, 0.1) is 0 Å². The van der Waals surface area contributed by atoms with E-state index in [1.165, 1.54) is 6.92 Å². The van der Waals surface area contributed by atoms with E-state index in [0.717, 1.165) is 0 Å². The van der Waals surface area contributed by atoms with E-state index in [1.54, 1.807) is 4.98 Å². The maximum Gasteiger partial charge on any atom is 0.416 e. The predicted molar refractivity (Wildman–Crippen MR) is 57.4 cm³/mol. The van der Waals surface area contributed by atoms with Crippen molar-refractivity contribution in [1.29, 1.82) is 0 Å². The van der Waals surface area contributed by atoms with Gasteiger partial charge in [-0.1, -0.05) is 0 Å². The second kappa shape index (κ2) is 6.02. The van der Waals surface area contributed by atoms with Crippen LogP contribution in [0.4, 0.5) is 22.0 Å². The molecular weight excluding hydrogens is 289 g/mol. The summed E-state index contributed by atoms with van der Waals surface area (Å²) in [7, 11) is 0. The third-order valence-corrected chi connectivity index (χ3v) is 2.33. The first-order chi connectivity index (χ1) is 9.16. The number of aromatic amines is 1.